The van der Waals surface area contributed by atoms with E-state index in [9.17, 15) is 0 Å². The lowest BCUT2D eigenvalue weighted by atomic mass is 10.1. The Hall–Kier alpha value is -1.75. The lowest BCUT2D eigenvalue weighted by Crippen LogP contribution is -2.51. The van der Waals surface area contributed by atoms with E-state index in [0.717, 1.165) is 56.9 Å². The molecule has 114 valence electrons. The molecule has 0 spiro atoms. The Morgan fingerprint density at radius 1 is 1.19 bits per heavy atom. The summed E-state index contributed by atoms with van der Waals surface area (Å²) in [6.07, 6.45) is 3.19. The Morgan fingerprint density at radius 2 is 1.95 bits per heavy atom. The molecular weight excluding hydrogens is 266 g/mol. The fourth-order valence-electron chi connectivity index (χ4n) is 3.49. The smallest absolute Gasteiger partial charge is 0.142 e. The number of benzene rings is 1. The number of nitrogens with zero attached hydrogens (tertiary/aromatic N) is 3. The molecule has 21 heavy (non-hydrogen) atoms. The van der Waals surface area contributed by atoms with Crippen LogP contribution in [0.1, 0.15) is 19.3 Å². The lowest BCUT2D eigenvalue weighted by molar-refractivity contribution is 0.220. The second-order valence-electron chi connectivity index (χ2n) is 5.69. The summed E-state index contributed by atoms with van der Waals surface area (Å²) in [6, 6.07) is 8.52. The first-order chi connectivity index (χ1) is 10.3. The van der Waals surface area contributed by atoms with E-state index in [1.807, 2.05) is 12.1 Å². The third kappa shape index (κ3) is 2.83. The van der Waals surface area contributed by atoms with Crippen molar-refractivity contribution in [2.24, 2.45) is 5.16 Å². The molecule has 5 heteroatoms. The molecule has 2 fully saturated rings. The highest BCUT2D eigenvalue weighted by molar-refractivity contribution is 5.90. The first-order valence-electron chi connectivity index (χ1n) is 7.66. The Balaban J connectivity index is 1.65. The molecule has 1 N–H and O–H groups in total. The molecule has 1 heterocycles. The van der Waals surface area contributed by atoms with Gasteiger partial charge in [0.2, 0.25) is 0 Å². The van der Waals surface area contributed by atoms with Crippen molar-refractivity contribution >= 4 is 11.4 Å². The van der Waals surface area contributed by atoms with Crippen molar-refractivity contribution in [3.8, 4) is 5.75 Å². The Bertz CT molecular complexity index is 510. The zero-order valence-electron chi connectivity index (χ0n) is 12.5. The Morgan fingerprint density at radius 3 is 2.67 bits per heavy atom. The molecule has 1 aromatic carbocycles. The molecule has 0 radical (unpaired) electrons. The van der Waals surface area contributed by atoms with Gasteiger partial charge in [-0.05, 0) is 31.4 Å². The number of hydrogen-bond donors (Lipinski definition) is 1. The average Bonchev–Trinajstić information content (AvgIpc) is 3.03. The summed E-state index contributed by atoms with van der Waals surface area (Å²) in [4.78, 5) is 4.83. The minimum absolute atomic E-state index is 0.342. The molecule has 0 unspecified atom stereocenters. The van der Waals surface area contributed by atoms with Gasteiger partial charge in [0, 0.05) is 26.2 Å². The largest absolute Gasteiger partial charge is 0.495 e. The SMILES string of the molecule is COc1ccccc1N1CCN([C@H]2CCC/C2=N\O)CC1. The standard InChI is InChI=1S/C16H23N3O2/c1-21-16-8-3-2-6-15(16)19-11-9-18(10-12-19)14-7-4-5-13(14)17-20/h2-3,6,8,14,20H,4-5,7,9-12H2,1H3/b17-13+/t14-/m0/s1. The van der Waals surface area contributed by atoms with E-state index in [0.29, 0.717) is 6.04 Å². The van der Waals surface area contributed by atoms with E-state index >= 15 is 0 Å². The van der Waals surface area contributed by atoms with E-state index in [1.54, 1.807) is 7.11 Å². The molecule has 0 amide bonds. The molecule has 1 saturated heterocycles. The molecule has 1 saturated carbocycles. The van der Waals surface area contributed by atoms with Crippen molar-refractivity contribution in [2.75, 3.05) is 38.2 Å². The molecule has 1 aliphatic carbocycles. The molecule has 5 nitrogen and oxygen atoms in total. The zero-order chi connectivity index (χ0) is 14.7. The number of methoxy groups -OCH3 is 1. The Kier molecular flexibility index (Phi) is 4.29. The van der Waals surface area contributed by atoms with Crippen molar-refractivity contribution in [2.45, 2.75) is 25.3 Å². The first kappa shape index (κ1) is 14.2. The van der Waals surface area contributed by atoms with Crippen LogP contribution in [0.25, 0.3) is 0 Å². The minimum atomic E-state index is 0.342. The van der Waals surface area contributed by atoms with Crippen molar-refractivity contribution in [3.63, 3.8) is 0 Å². The summed E-state index contributed by atoms with van der Waals surface area (Å²) in [7, 11) is 1.72. The quantitative estimate of drug-likeness (QED) is 0.684. The molecule has 3 rings (SSSR count). The van der Waals surface area contributed by atoms with Gasteiger partial charge in [-0.15, -0.1) is 0 Å². The summed E-state index contributed by atoms with van der Waals surface area (Å²) in [5, 5.41) is 12.6. The van der Waals surface area contributed by atoms with Crippen LogP contribution in [0.5, 0.6) is 5.75 Å². The molecule has 0 bridgehead atoms. The van der Waals surface area contributed by atoms with Gasteiger partial charge in [-0.2, -0.15) is 0 Å². The van der Waals surface area contributed by atoms with Gasteiger partial charge in [0.1, 0.15) is 5.75 Å². The van der Waals surface area contributed by atoms with Crippen LogP contribution < -0.4 is 9.64 Å². The normalized spacial score (nSPS) is 25.5. The first-order valence-corrected chi connectivity index (χ1v) is 7.66. The van der Waals surface area contributed by atoms with Crippen LogP contribution in [0, 0.1) is 0 Å². The van der Waals surface area contributed by atoms with Gasteiger partial charge in [-0.25, -0.2) is 0 Å². The highest BCUT2D eigenvalue weighted by atomic mass is 16.5. The molecule has 2 aliphatic rings. The topological polar surface area (TPSA) is 48.3 Å². The maximum Gasteiger partial charge on any atom is 0.142 e. The summed E-state index contributed by atoms with van der Waals surface area (Å²) >= 11 is 0. The van der Waals surface area contributed by atoms with Crippen molar-refractivity contribution in [3.05, 3.63) is 24.3 Å². The van der Waals surface area contributed by atoms with Gasteiger partial charge in [0.25, 0.3) is 0 Å². The highest BCUT2D eigenvalue weighted by Crippen LogP contribution is 2.29. The number of rotatable bonds is 3. The highest BCUT2D eigenvalue weighted by Gasteiger charge is 2.31. The number of anilines is 1. The van der Waals surface area contributed by atoms with Crippen LogP contribution >= 0.6 is 0 Å². The van der Waals surface area contributed by atoms with Crippen LogP contribution in [-0.4, -0.2) is 55.1 Å². The zero-order valence-corrected chi connectivity index (χ0v) is 12.5. The van der Waals surface area contributed by atoms with Crippen LogP contribution in [0.15, 0.2) is 29.4 Å². The molecule has 0 aromatic heterocycles. The predicted molar refractivity (Wildman–Crippen MR) is 83.6 cm³/mol. The monoisotopic (exact) mass is 289 g/mol. The van der Waals surface area contributed by atoms with Gasteiger partial charge >= 0.3 is 0 Å². The predicted octanol–water partition coefficient (Wildman–Crippen LogP) is 2.20. The van der Waals surface area contributed by atoms with E-state index in [-0.39, 0.29) is 0 Å². The van der Waals surface area contributed by atoms with Gasteiger partial charge in [-0.1, -0.05) is 17.3 Å². The minimum Gasteiger partial charge on any atom is -0.495 e. The summed E-state index contributed by atoms with van der Waals surface area (Å²) in [5.41, 5.74) is 2.13. The number of ether oxygens (including phenoxy) is 1. The van der Waals surface area contributed by atoms with E-state index in [1.165, 1.54) is 5.69 Å². The third-order valence-electron chi connectivity index (χ3n) is 4.60. The third-order valence-corrected chi connectivity index (χ3v) is 4.60. The van der Waals surface area contributed by atoms with E-state index in [2.05, 4.69) is 27.1 Å². The maximum absolute atomic E-state index is 9.10. The van der Waals surface area contributed by atoms with Crippen molar-refractivity contribution < 1.29 is 9.94 Å². The van der Waals surface area contributed by atoms with Crippen LogP contribution in [-0.2, 0) is 0 Å². The summed E-state index contributed by atoms with van der Waals surface area (Å²) in [5.74, 6) is 0.935. The van der Waals surface area contributed by atoms with Gasteiger partial charge < -0.3 is 14.8 Å². The Labute approximate surface area is 125 Å². The van der Waals surface area contributed by atoms with Crippen LogP contribution in [0.2, 0.25) is 0 Å². The molecule has 1 aliphatic heterocycles. The molecule has 1 atom stereocenters. The maximum atomic E-state index is 9.10. The van der Waals surface area contributed by atoms with E-state index < -0.39 is 0 Å². The molecule has 1 aromatic rings. The number of oxime groups is 1. The second kappa shape index (κ2) is 6.35. The molecular formula is C16H23N3O2. The fraction of sp³-hybridized carbons (Fsp3) is 0.562. The van der Waals surface area contributed by atoms with Gasteiger partial charge in [0.15, 0.2) is 0 Å². The van der Waals surface area contributed by atoms with Crippen molar-refractivity contribution in [1.82, 2.24) is 4.90 Å². The van der Waals surface area contributed by atoms with Gasteiger partial charge in [-0.3, -0.25) is 4.90 Å². The number of piperazine rings is 1. The van der Waals surface area contributed by atoms with Crippen molar-refractivity contribution in [1.29, 1.82) is 0 Å². The summed E-state index contributed by atoms with van der Waals surface area (Å²) in [6.45, 7) is 3.97. The van der Waals surface area contributed by atoms with Crippen LogP contribution in [0.4, 0.5) is 5.69 Å². The second-order valence-corrected chi connectivity index (χ2v) is 5.69. The average molecular weight is 289 g/mol. The number of para-hydroxylation sites is 2. The van der Waals surface area contributed by atoms with Crippen LogP contribution in [0.3, 0.4) is 0 Å². The van der Waals surface area contributed by atoms with E-state index in [4.69, 9.17) is 9.94 Å². The fourth-order valence-corrected chi connectivity index (χ4v) is 3.49. The lowest BCUT2D eigenvalue weighted by Gasteiger charge is -2.39. The summed E-state index contributed by atoms with van der Waals surface area (Å²) < 4.78 is 5.45. The number of hydrogen-bond acceptors (Lipinski definition) is 5. The van der Waals surface area contributed by atoms with Gasteiger partial charge in [0.05, 0.1) is 24.6 Å².